The fourth-order valence-electron chi connectivity index (χ4n) is 2.61. The number of aryl methyl sites for hydroxylation is 1. The number of para-hydroxylation sites is 2. The summed E-state index contributed by atoms with van der Waals surface area (Å²) in [5.41, 5.74) is 1.05. The average molecular weight is 324 g/mol. The number of amides is 1. The number of pyridine rings is 1. The predicted octanol–water partition coefficient (Wildman–Crippen LogP) is 3.10. The number of hydrogen-bond donors (Lipinski definition) is 2. The molecule has 0 saturated carbocycles. The van der Waals surface area contributed by atoms with Crippen LogP contribution in [0.4, 0.5) is 10.5 Å². The number of carbonyl (C=O) groups is 1. The molecule has 0 aliphatic rings. The highest BCUT2D eigenvalue weighted by molar-refractivity contribution is 5.99. The van der Waals surface area contributed by atoms with E-state index in [0.717, 1.165) is 10.1 Å². The highest BCUT2D eigenvalue weighted by atomic mass is 16.5. The first-order valence-corrected chi connectivity index (χ1v) is 7.31. The van der Waals surface area contributed by atoms with Crippen LogP contribution in [0.25, 0.3) is 10.9 Å². The molecule has 0 spiro atoms. The Balaban J connectivity index is 2.13. The molecule has 3 aromatic rings. The summed E-state index contributed by atoms with van der Waals surface area (Å²) in [5.74, 6) is 0.463. The zero-order valence-electron chi connectivity index (χ0n) is 13.2. The van der Waals surface area contributed by atoms with Gasteiger partial charge in [-0.2, -0.15) is 0 Å². The van der Waals surface area contributed by atoms with Crippen LogP contribution < -0.4 is 15.6 Å². The van der Waals surface area contributed by atoms with Crippen LogP contribution in [-0.4, -0.2) is 22.8 Å². The van der Waals surface area contributed by atoms with Crippen LogP contribution >= 0.6 is 0 Å². The lowest BCUT2D eigenvalue weighted by molar-refractivity contribution is 0.253. The molecule has 3 rings (SSSR count). The van der Waals surface area contributed by atoms with Gasteiger partial charge in [0.1, 0.15) is 11.5 Å². The van der Waals surface area contributed by atoms with Crippen molar-refractivity contribution in [3.05, 3.63) is 64.4 Å². The Morgan fingerprint density at radius 1 is 1.17 bits per heavy atom. The number of anilines is 1. The van der Waals surface area contributed by atoms with Crippen molar-refractivity contribution in [3.63, 3.8) is 0 Å². The summed E-state index contributed by atoms with van der Waals surface area (Å²) in [4.78, 5) is 25.0. The Morgan fingerprint density at radius 3 is 2.67 bits per heavy atom. The highest BCUT2D eigenvalue weighted by Crippen LogP contribution is 2.25. The summed E-state index contributed by atoms with van der Waals surface area (Å²) >= 11 is 0. The normalized spacial score (nSPS) is 10.6. The van der Waals surface area contributed by atoms with Crippen LogP contribution in [0.15, 0.2) is 53.3 Å². The third kappa shape index (κ3) is 2.69. The SMILES string of the molecule is COc1ccccc1NC(=O)n1c(=O)cc(C)c2ccc(O)cc21. The van der Waals surface area contributed by atoms with Crippen molar-refractivity contribution in [2.45, 2.75) is 6.92 Å². The van der Waals surface area contributed by atoms with Gasteiger partial charge in [-0.25, -0.2) is 9.36 Å². The molecule has 0 fully saturated rings. The first-order chi connectivity index (χ1) is 11.5. The molecule has 1 amide bonds. The van der Waals surface area contributed by atoms with Crippen molar-refractivity contribution in [2.75, 3.05) is 12.4 Å². The summed E-state index contributed by atoms with van der Waals surface area (Å²) in [6, 6.07) is 12.3. The largest absolute Gasteiger partial charge is 0.508 e. The van der Waals surface area contributed by atoms with Gasteiger partial charge in [0, 0.05) is 17.5 Å². The van der Waals surface area contributed by atoms with E-state index in [1.165, 1.54) is 25.3 Å². The van der Waals surface area contributed by atoms with Crippen LogP contribution in [0.2, 0.25) is 0 Å². The number of ether oxygens (including phenoxy) is 1. The number of nitrogens with one attached hydrogen (secondary N) is 1. The monoisotopic (exact) mass is 324 g/mol. The van der Waals surface area contributed by atoms with Gasteiger partial charge in [0.05, 0.1) is 18.3 Å². The number of aromatic hydroxyl groups is 1. The first kappa shape index (κ1) is 15.6. The summed E-state index contributed by atoms with van der Waals surface area (Å²) < 4.78 is 6.19. The molecule has 6 heteroatoms. The molecule has 0 saturated heterocycles. The van der Waals surface area contributed by atoms with Crippen LogP contribution in [-0.2, 0) is 0 Å². The van der Waals surface area contributed by atoms with E-state index in [4.69, 9.17) is 4.74 Å². The van der Waals surface area contributed by atoms with Gasteiger partial charge in [-0.05, 0) is 36.8 Å². The third-order valence-corrected chi connectivity index (χ3v) is 3.76. The number of carbonyl (C=O) groups excluding carboxylic acids is 1. The molecule has 122 valence electrons. The molecular formula is C18H16N2O4. The van der Waals surface area contributed by atoms with Crippen molar-refractivity contribution in [3.8, 4) is 11.5 Å². The number of benzene rings is 2. The third-order valence-electron chi connectivity index (χ3n) is 3.76. The molecule has 0 unspecified atom stereocenters. The second kappa shape index (κ2) is 6.08. The quantitative estimate of drug-likeness (QED) is 0.759. The van der Waals surface area contributed by atoms with Crippen LogP contribution in [0.1, 0.15) is 5.56 Å². The number of phenols is 1. The number of hydrogen-bond acceptors (Lipinski definition) is 4. The molecule has 24 heavy (non-hydrogen) atoms. The molecule has 6 nitrogen and oxygen atoms in total. The lowest BCUT2D eigenvalue weighted by Gasteiger charge is -2.14. The van der Waals surface area contributed by atoms with Crippen LogP contribution in [0, 0.1) is 6.92 Å². The van der Waals surface area contributed by atoms with Gasteiger partial charge < -0.3 is 15.2 Å². The topological polar surface area (TPSA) is 80.6 Å². The molecule has 0 bridgehead atoms. The fraction of sp³-hybridized carbons (Fsp3) is 0.111. The second-order valence-electron chi connectivity index (χ2n) is 5.33. The number of fused-ring (bicyclic) bond motifs is 1. The van der Waals surface area contributed by atoms with Crippen molar-refractivity contribution in [1.82, 2.24) is 4.57 Å². The van der Waals surface area contributed by atoms with E-state index in [1.807, 2.05) is 0 Å². The summed E-state index contributed by atoms with van der Waals surface area (Å²) in [5, 5.41) is 13.1. The summed E-state index contributed by atoms with van der Waals surface area (Å²) in [7, 11) is 1.50. The van der Waals surface area contributed by atoms with Gasteiger partial charge in [-0.1, -0.05) is 12.1 Å². The van der Waals surface area contributed by atoms with Gasteiger partial charge in [-0.15, -0.1) is 0 Å². The maximum absolute atomic E-state index is 12.7. The van der Waals surface area contributed by atoms with E-state index in [1.54, 1.807) is 37.3 Å². The number of nitrogens with zero attached hydrogens (tertiary/aromatic N) is 1. The number of phenolic OH excluding ortho intramolecular Hbond substituents is 1. The van der Waals surface area contributed by atoms with Crippen molar-refractivity contribution in [1.29, 1.82) is 0 Å². The van der Waals surface area contributed by atoms with Gasteiger partial charge >= 0.3 is 6.03 Å². The van der Waals surface area contributed by atoms with E-state index in [9.17, 15) is 14.7 Å². The Bertz CT molecular complexity index is 992. The molecule has 1 heterocycles. The maximum atomic E-state index is 12.7. The Kier molecular flexibility index (Phi) is 3.95. The lowest BCUT2D eigenvalue weighted by Crippen LogP contribution is -2.31. The Hall–Kier alpha value is -3.28. The number of methoxy groups -OCH3 is 1. The van der Waals surface area contributed by atoms with Crippen molar-refractivity contribution in [2.24, 2.45) is 0 Å². The minimum atomic E-state index is -0.625. The van der Waals surface area contributed by atoms with Crippen molar-refractivity contribution < 1.29 is 14.6 Å². The molecule has 2 aromatic carbocycles. The van der Waals surface area contributed by atoms with Gasteiger partial charge in [0.15, 0.2) is 0 Å². The molecule has 2 N–H and O–H groups in total. The Morgan fingerprint density at radius 2 is 1.92 bits per heavy atom. The summed E-state index contributed by atoms with van der Waals surface area (Å²) in [6.07, 6.45) is 0. The molecule has 0 aliphatic carbocycles. The predicted molar refractivity (Wildman–Crippen MR) is 92.0 cm³/mol. The number of aromatic nitrogens is 1. The minimum absolute atomic E-state index is 0.0219. The summed E-state index contributed by atoms with van der Waals surface area (Å²) in [6.45, 7) is 1.78. The first-order valence-electron chi connectivity index (χ1n) is 7.31. The Labute approximate surface area is 137 Å². The molecule has 0 aliphatic heterocycles. The van der Waals surface area contributed by atoms with E-state index >= 15 is 0 Å². The number of rotatable bonds is 2. The zero-order chi connectivity index (χ0) is 17.3. The van der Waals surface area contributed by atoms with E-state index in [2.05, 4.69) is 5.32 Å². The standard InChI is InChI=1S/C18H16N2O4/c1-11-9-17(22)20(15-10-12(21)7-8-13(11)15)18(23)19-14-5-3-4-6-16(14)24-2/h3-10,21H,1-2H3,(H,19,23). The van der Waals surface area contributed by atoms with Crippen LogP contribution in [0.5, 0.6) is 11.5 Å². The lowest BCUT2D eigenvalue weighted by atomic mass is 10.1. The van der Waals surface area contributed by atoms with Gasteiger partial charge in [0.25, 0.3) is 5.56 Å². The van der Waals surface area contributed by atoms with Crippen molar-refractivity contribution >= 4 is 22.6 Å². The maximum Gasteiger partial charge on any atom is 0.333 e. The van der Waals surface area contributed by atoms with E-state index in [0.29, 0.717) is 22.3 Å². The fourth-order valence-corrected chi connectivity index (χ4v) is 2.61. The molecule has 0 radical (unpaired) electrons. The smallest absolute Gasteiger partial charge is 0.333 e. The minimum Gasteiger partial charge on any atom is -0.508 e. The zero-order valence-corrected chi connectivity index (χ0v) is 13.2. The van der Waals surface area contributed by atoms with E-state index < -0.39 is 11.6 Å². The van der Waals surface area contributed by atoms with E-state index in [-0.39, 0.29) is 5.75 Å². The molecular weight excluding hydrogens is 308 g/mol. The molecule has 1 aromatic heterocycles. The van der Waals surface area contributed by atoms with Gasteiger partial charge in [-0.3, -0.25) is 4.79 Å². The van der Waals surface area contributed by atoms with Gasteiger partial charge in [0.2, 0.25) is 0 Å². The molecule has 0 atom stereocenters. The highest BCUT2D eigenvalue weighted by Gasteiger charge is 2.15. The second-order valence-corrected chi connectivity index (χ2v) is 5.33. The van der Waals surface area contributed by atoms with Crippen LogP contribution in [0.3, 0.4) is 0 Å². The average Bonchev–Trinajstić information content (AvgIpc) is 2.55.